The van der Waals surface area contributed by atoms with Crippen molar-refractivity contribution in [3.05, 3.63) is 71.8 Å². The van der Waals surface area contributed by atoms with Crippen LogP contribution in [0.4, 0.5) is 0 Å². The van der Waals surface area contributed by atoms with E-state index in [1.165, 1.54) is 5.56 Å². The fourth-order valence-electron chi connectivity index (χ4n) is 2.56. The van der Waals surface area contributed by atoms with E-state index in [0.29, 0.717) is 0 Å². The smallest absolute Gasteiger partial charge is 0.244 e. The molecule has 1 amide bonds. The normalized spacial score (nSPS) is 15.5. The number of nitrogens with two attached hydrogens (primary N) is 1. The van der Waals surface area contributed by atoms with Crippen LogP contribution in [0.5, 0.6) is 0 Å². The predicted molar refractivity (Wildman–Crippen MR) is 95.1 cm³/mol. The first-order valence-corrected chi connectivity index (χ1v) is 7.97. The lowest BCUT2D eigenvalue weighted by Crippen LogP contribution is -2.55. The summed E-state index contributed by atoms with van der Waals surface area (Å²) in [5.74, 6) is -0.166. The molecule has 3 heteroatoms. The van der Waals surface area contributed by atoms with Gasteiger partial charge in [0.05, 0.1) is 0 Å². The van der Waals surface area contributed by atoms with Gasteiger partial charge in [-0.1, -0.05) is 74.5 Å². The van der Waals surface area contributed by atoms with Crippen LogP contribution in [0, 0.1) is 0 Å². The molecule has 0 heterocycles. The van der Waals surface area contributed by atoms with E-state index in [2.05, 4.69) is 31.3 Å². The largest absolute Gasteiger partial charge is 0.351 e. The van der Waals surface area contributed by atoms with E-state index in [4.69, 9.17) is 5.73 Å². The van der Waals surface area contributed by atoms with Crippen LogP contribution >= 0.6 is 0 Å². The minimum Gasteiger partial charge on any atom is -0.351 e. The minimum absolute atomic E-state index is 0.0519. The first kappa shape index (κ1) is 17.2. The summed E-state index contributed by atoms with van der Waals surface area (Å²) in [6.45, 7) is 8.03. The molecule has 0 aliphatic carbocycles. The number of amides is 1. The minimum atomic E-state index is -1.05. The van der Waals surface area contributed by atoms with Crippen molar-refractivity contribution in [3.63, 3.8) is 0 Å². The molecule has 2 atom stereocenters. The summed E-state index contributed by atoms with van der Waals surface area (Å²) >= 11 is 0. The van der Waals surface area contributed by atoms with Gasteiger partial charge in [-0.15, -0.1) is 0 Å². The summed E-state index contributed by atoms with van der Waals surface area (Å²) in [6, 6.07) is 19.6. The molecule has 23 heavy (non-hydrogen) atoms. The maximum atomic E-state index is 12.7. The van der Waals surface area contributed by atoms with Gasteiger partial charge in [0.2, 0.25) is 5.91 Å². The molecular formula is C20H26N2O. The number of benzene rings is 2. The SMILES string of the molecule is CC(NC(=O)C(C)(N)c1ccccc1)C(C)(C)c1ccccc1. The Morgan fingerprint density at radius 2 is 1.35 bits per heavy atom. The summed E-state index contributed by atoms with van der Waals surface area (Å²) in [7, 11) is 0. The average molecular weight is 310 g/mol. The summed E-state index contributed by atoms with van der Waals surface area (Å²) < 4.78 is 0. The zero-order valence-electron chi connectivity index (χ0n) is 14.3. The average Bonchev–Trinajstić information content (AvgIpc) is 2.56. The molecule has 2 unspecified atom stereocenters. The Morgan fingerprint density at radius 1 is 0.913 bits per heavy atom. The monoisotopic (exact) mass is 310 g/mol. The Bertz CT molecular complexity index is 648. The third-order valence-electron chi connectivity index (χ3n) is 4.79. The number of hydrogen-bond donors (Lipinski definition) is 2. The van der Waals surface area contributed by atoms with E-state index in [-0.39, 0.29) is 17.4 Å². The van der Waals surface area contributed by atoms with E-state index in [0.717, 1.165) is 5.56 Å². The zero-order valence-corrected chi connectivity index (χ0v) is 14.3. The van der Waals surface area contributed by atoms with E-state index in [9.17, 15) is 4.79 Å². The van der Waals surface area contributed by atoms with Gasteiger partial charge >= 0.3 is 0 Å². The van der Waals surface area contributed by atoms with Gasteiger partial charge in [0.15, 0.2) is 0 Å². The van der Waals surface area contributed by atoms with Crippen molar-refractivity contribution < 1.29 is 4.79 Å². The predicted octanol–water partition coefficient (Wildman–Crippen LogP) is 3.34. The number of rotatable bonds is 5. The van der Waals surface area contributed by atoms with Gasteiger partial charge in [-0.2, -0.15) is 0 Å². The van der Waals surface area contributed by atoms with Crippen LogP contribution in [-0.4, -0.2) is 11.9 Å². The van der Waals surface area contributed by atoms with E-state index < -0.39 is 5.54 Å². The molecule has 0 radical (unpaired) electrons. The quantitative estimate of drug-likeness (QED) is 0.890. The first-order valence-electron chi connectivity index (χ1n) is 7.97. The fraction of sp³-hybridized carbons (Fsp3) is 0.350. The van der Waals surface area contributed by atoms with E-state index >= 15 is 0 Å². The van der Waals surface area contributed by atoms with Crippen LogP contribution in [0.25, 0.3) is 0 Å². The Labute approximate surface area is 138 Å². The van der Waals surface area contributed by atoms with E-state index in [1.807, 2.05) is 55.5 Å². The molecule has 3 nitrogen and oxygen atoms in total. The number of hydrogen-bond acceptors (Lipinski definition) is 2. The van der Waals surface area contributed by atoms with Gasteiger partial charge in [-0.3, -0.25) is 4.79 Å². The molecule has 3 N–H and O–H groups in total. The third kappa shape index (κ3) is 3.62. The topological polar surface area (TPSA) is 55.1 Å². The Balaban J connectivity index is 2.16. The van der Waals surface area contributed by atoms with Crippen LogP contribution in [0.1, 0.15) is 38.8 Å². The highest BCUT2D eigenvalue weighted by molar-refractivity contribution is 5.87. The molecule has 0 bridgehead atoms. The molecular weight excluding hydrogens is 284 g/mol. The highest BCUT2D eigenvalue weighted by Gasteiger charge is 2.35. The standard InChI is InChI=1S/C20H26N2O/c1-15(19(2,3)16-11-7-5-8-12-16)22-18(23)20(4,21)17-13-9-6-10-14-17/h5-15H,21H2,1-4H3,(H,22,23). The molecule has 0 saturated heterocycles. The molecule has 0 aromatic heterocycles. The summed E-state index contributed by atoms with van der Waals surface area (Å²) in [5.41, 5.74) is 7.05. The van der Waals surface area contributed by atoms with Gasteiger partial charge < -0.3 is 11.1 Å². The highest BCUT2D eigenvalue weighted by Crippen LogP contribution is 2.27. The molecule has 0 aliphatic rings. The van der Waals surface area contributed by atoms with Crippen molar-refractivity contribution in [2.45, 2.75) is 44.7 Å². The highest BCUT2D eigenvalue weighted by atomic mass is 16.2. The maximum Gasteiger partial charge on any atom is 0.244 e. The van der Waals surface area contributed by atoms with E-state index in [1.54, 1.807) is 6.92 Å². The molecule has 122 valence electrons. The lowest BCUT2D eigenvalue weighted by molar-refractivity contribution is -0.127. The van der Waals surface area contributed by atoms with Crippen LogP contribution in [0.3, 0.4) is 0 Å². The van der Waals surface area contributed by atoms with Crippen LogP contribution < -0.4 is 11.1 Å². The second-order valence-electron chi connectivity index (χ2n) is 6.85. The van der Waals surface area contributed by atoms with Crippen LogP contribution in [0.2, 0.25) is 0 Å². The van der Waals surface area contributed by atoms with Gasteiger partial charge in [0, 0.05) is 11.5 Å². The van der Waals surface area contributed by atoms with Gasteiger partial charge in [-0.25, -0.2) is 0 Å². The van der Waals surface area contributed by atoms with Gasteiger partial charge in [0.1, 0.15) is 5.54 Å². The number of carbonyl (C=O) groups is 1. The number of carbonyl (C=O) groups excluding carboxylic acids is 1. The fourth-order valence-corrected chi connectivity index (χ4v) is 2.56. The molecule has 0 spiro atoms. The number of nitrogens with one attached hydrogen (secondary N) is 1. The van der Waals surface area contributed by atoms with Gasteiger partial charge in [-0.05, 0) is 25.0 Å². The molecule has 0 saturated carbocycles. The Kier molecular flexibility index (Phi) is 4.90. The molecule has 2 aromatic rings. The van der Waals surface area contributed by atoms with Crippen molar-refractivity contribution in [1.29, 1.82) is 0 Å². The van der Waals surface area contributed by atoms with Crippen molar-refractivity contribution in [2.24, 2.45) is 5.73 Å². The molecule has 0 fully saturated rings. The zero-order chi connectivity index (χ0) is 17.1. The van der Waals surface area contributed by atoms with Crippen molar-refractivity contribution in [2.75, 3.05) is 0 Å². The molecule has 0 aliphatic heterocycles. The summed E-state index contributed by atoms with van der Waals surface area (Å²) in [6.07, 6.45) is 0. The van der Waals surface area contributed by atoms with Crippen LogP contribution in [0.15, 0.2) is 60.7 Å². The third-order valence-corrected chi connectivity index (χ3v) is 4.79. The maximum absolute atomic E-state index is 12.7. The molecule has 2 aromatic carbocycles. The summed E-state index contributed by atoms with van der Waals surface area (Å²) in [4.78, 5) is 12.7. The summed E-state index contributed by atoms with van der Waals surface area (Å²) in [5, 5.41) is 3.09. The van der Waals surface area contributed by atoms with Crippen molar-refractivity contribution in [3.8, 4) is 0 Å². The lowest BCUT2D eigenvalue weighted by atomic mass is 9.78. The lowest BCUT2D eigenvalue weighted by Gasteiger charge is -2.35. The van der Waals surface area contributed by atoms with Crippen molar-refractivity contribution in [1.82, 2.24) is 5.32 Å². The Hall–Kier alpha value is -2.13. The second kappa shape index (κ2) is 6.55. The first-order chi connectivity index (χ1) is 10.8. The van der Waals surface area contributed by atoms with Crippen molar-refractivity contribution >= 4 is 5.91 Å². The molecule has 2 rings (SSSR count). The van der Waals surface area contributed by atoms with Crippen LogP contribution in [-0.2, 0) is 15.7 Å². The second-order valence-corrected chi connectivity index (χ2v) is 6.85. The van der Waals surface area contributed by atoms with Gasteiger partial charge in [0.25, 0.3) is 0 Å². The Morgan fingerprint density at radius 3 is 1.83 bits per heavy atom.